The quantitative estimate of drug-likeness (QED) is 0.751. The van der Waals surface area contributed by atoms with Crippen molar-refractivity contribution < 1.29 is 0 Å². The van der Waals surface area contributed by atoms with Gasteiger partial charge in [0, 0.05) is 0 Å². The first kappa shape index (κ1) is 13.0. The molecule has 1 N–H and O–H groups in total. The van der Waals surface area contributed by atoms with E-state index in [1.165, 1.54) is 0 Å². The summed E-state index contributed by atoms with van der Waals surface area (Å²) in [5.41, 5.74) is -0.377. The Bertz CT molecular complexity index is 928. The Morgan fingerprint density at radius 2 is 1.60 bits per heavy atom. The molecule has 0 fully saturated rings. The highest BCUT2D eigenvalue weighted by Gasteiger charge is 2.12. The summed E-state index contributed by atoms with van der Waals surface area (Å²) in [6.45, 7) is 0. The van der Waals surface area contributed by atoms with Crippen molar-refractivity contribution in [3.05, 3.63) is 73.3 Å². The maximum atomic E-state index is 12.5. The fourth-order valence-corrected chi connectivity index (χ4v) is 2.50. The summed E-state index contributed by atoms with van der Waals surface area (Å²) < 4.78 is 1.00. The molecule has 0 radical (unpaired) electrons. The van der Waals surface area contributed by atoms with E-state index in [0.29, 0.717) is 26.6 Å². The van der Waals surface area contributed by atoms with Gasteiger partial charge < -0.3 is 4.98 Å². The van der Waals surface area contributed by atoms with Crippen LogP contribution in [0.2, 0.25) is 10.0 Å². The van der Waals surface area contributed by atoms with E-state index in [9.17, 15) is 9.59 Å². The van der Waals surface area contributed by atoms with Gasteiger partial charge in [0.2, 0.25) is 0 Å². The molecule has 0 unspecified atom stereocenters. The van der Waals surface area contributed by atoms with Crippen LogP contribution < -0.4 is 11.2 Å². The van der Waals surface area contributed by atoms with Gasteiger partial charge in [-0.1, -0.05) is 41.4 Å². The Balaban J connectivity index is 2.48. The molecule has 0 bridgehead atoms. The smallest absolute Gasteiger partial charge is 0.305 e. The fraction of sp³-hybridized carbons (Fsp3) is 0. The molecular formula is C14H8Cl2N2O2. The normalized spacial score (nSPS) is 10.9. The first-order valence-corrected chi connectivity index (χ1v) is 6.53. The number of nitrogens with one attached hydrogen (secondary N) is 1. The summed E-state index contributed by atoms with van der Waals surface area (Å²) in [5.74, 6) is 0. The van der Waals surface area contributed by atoms with Crippen molar-refractivity contribution in [3.8, 4) is 5.69 Å². The average molecular weight is 307 g/mol. The third-order valence-corrected chi connectivity index (χ3v) is 3.61. The maximum absolute atomic E-state index is 12.5. The molecule has 0 aliphatic rings. The van der Waals surface area contributed by atoms with E-state index in [1.807, 2.05) is 0 Å². The molecule has 0 saturated heterocycles. The lowest BCUT2D eigenvalue weighted by Gasteiger charge is -2.08. The molecule has 100 valence electrons. The van der Waals surface area contributed by atoms with E-state index in [0.717, 1.165) is 4.57 Å². The predicted molar refractivity (Wildman–Crippen MR) is 80.2 cm³/mol. The third-order valence-electron chi connectivity index (χ3n) is 2.98. The number of aromatic nitrogens is 2. The number of rotatable bonds is 1. The molecule has 6 heteroatoms. The number of hydrogen-bond donors (Lipinski definition) is 1. The summed E-state index contributed by atoms with van der Waals surface area (Å²) in [5, 5.41) is 0.974. The lowest BCUT2D eigenvalue weighted by molar-refractivity contribution is 0.901. The second-order valence-electron chi connectivity index (χ2n) is 4.18. The summed E-state index contributed by atoms with van der Waals surface area (Å²) in [7, 11) is 0. The van der Waals surface area contributed by atoms with Gasteiger partial charge in [0.25, 0.3) is 5.56 Å². The lowest BCUT2D eigenvalue weighted by Crippen LogP contribution is -2.33. The SMILES string of the molecule is O=c1[nH]c2c(Cl)cccc2c(=O)n1-c1ccccc1Cl. The molecule has 20 heavy (non-hydrogen) atoms. The van der Waals surface area contributed by atoms with Gasteiger partial charge in [0.1, 0.15) is 0 Å². The van der Waals surface area contributed by atoms with Crippen LogP contribution in [0, 0.1) is 0 Å². The number of aromatic amines is 1. The monoisotopic (exact) mass is 306 g/mol. The van der Waals surface area contributed by atoms with Crippen LogP contribution in [-0.2, 0) is 0 Å². The molecule has 2 aromatic carbocycles. The molecule has 3 rings (SSSR count). The second-order valence-corrected chi connectivity index (χ2v) is 5.00. The van der Waals surface area contributed by atoms with Crippen molar-refractivity contribution in [2.45, 2.75) is 0 Å². The molecule has 1 aromatic heterocycles. The van der Waals surface area contributed by atoms with Gasteiger partial charge >= 0.3 is 5.69 Å². The van der Waals surface area contributed by atoms with E-state index < -0.39 is 11.2 Å². The van der Waals surface area contributed by atoms with Gasteiger partial charge in [0.15, 0.2) is 0 Å². The molecule has 0 aliphatic heterocycles. The molecule has 1 heterocycles. The van der Waals surface area contributed by atoms with Crippen LogP contribution in [0.3, 0.4) is 0 Å². The number of para-hydroxylation sites is 2. The number of fused-ring (bicyclic) bond motifs is 1. The zero-order valence-corrected chi connectivity index (χ0v) is 11.6. The fourth-order valence-electron chi connectivity index (χ4n) is 2.06. The lowest BCUT2D eigenvalue weighted by atomic mass is 10.2. The molecule has 4 nitrogen and oxygen atoms in total. The summed E-state index contributed by atoms with van der Waals surface area (Å²) in [6, 6.07) is 11.5. The van der Waals surface area contributed by atoms with E-state index in [-0.39, 0.29) is 0 Å². The van der Waals surface area contributed by atoms with Crippen molar-refractivity contribution in [2.24, 2.45) is 0 Å². The largest absolute Gasteiger partial charge is 0.333 e. The van der Waals surface area contributed by atoms with Crippen molar-refractivity contribution in [1.82, 2.24) is 9.55 Å². The van der Waals surface area contributed by atoms with E-state index in [1.54, 1.807) is 42.5 Å². The van der Waals surface area contributed by atoms with Crippen molar-refractivity contribution in [3.63, 3.8) is 0 Å². The van der Waals surface area contributed by atoms with Crippen molar-refractivity contribution in [2.75, 3.05) is 0 Å². The minimum atomic E-state index is -0.580. The van der Waals surface area contributed by atoms with Crippen LogP contribution in [0.25, 0.3) is 16.6 Å². The standard InChI is InChI=1S/C14H8Cl2N2O2/c15-9-5-1-2-7-11(9)18-13(19)8-4-3-6-10(16)12(8)17-14(18)20/h1-7H,(H,17,20). The molecule has 0 spiro atoms. The topological polar surface area (TPSA) is 54.9 Å². The van der Waals surface area contributed by atoms with E-state index >= 15 is 0 Å². The van der Waals surface area contributed by atoms with Crippen molar-refractivity contribution >= 4 is 34.1 Å². The highest BCUT2D eigenvalue weighted by atomic mass is 35.5. The number of halogens is 2. The van der Waals surface area contributed by atoms with Gasteiger partial charge in [-0.25, -0.2) is 9.36 Å². The minimum absolute atomic E-state index is 0.321. The van der Waals surface area contributed by atoms with Gasteiger partial charge in [-0.2, -0.15) is 0 Å². The predicted octanol–water partition coefficient (Wildman–Crippen LogP) is 2.99. The molecule has 0 aliphatic carbocycles. The third kappa shape index (κ3) is 1.94. The average Bonchev–Trinajstić information content (AvgIpc) is 2.42. The summed E-state index contributed by atoms with van der Waals surface area (Å²) in [6.07, 6.45) is 0. The van der Waals surface area contributed by atoms with Crippen LogP contribution in [0.1, 0.15) is 0 Å². The van der Waals surface area contributed by atoms with Gasteiger partial charge in [-0.15, -0.1) is 0 Å². The van der Waals surface area contributed by atoms with Gasteiger partial charge in [-0.3, -0.25) is 4.79 Å². The van der Waals surface area contributed by atoms with Gasteiger partial charge in [-0.05, 0) is 24.3 Å². The summed E-state index contributed by atoms with van der Waals surface area (Å²) >= 11 is 12.0. The van der Waals surface area contributed by atoms with Crippen LogP contribution in [-0.4, -0.2) is 9.55 Å². The Kier molecular flexibility index (Phi) is 3.12. The number of nitrogens with zero attached hydrogens (tertiary/aromatic N) is 1. The van der Waals surface area contributed by atoms with E-state index in [2.05, 4.69) is 4.98 Å². The Labute approximate surface area is 123 Å². The Hall–Kier alpha value is -2.04. The molecule has 0 atom stereocenters. The Morgan fingerprint density at radius 3 is 2.35 bits per heavy atom. The van der Waals surface area contributed by atoms with E-state index in [4.69, 9.17) is 23.2 Å². The maximum Gasteiger partial charge on any atom is 0.333 e. The minimum Gasteiger partial charge on any atom is -0.305 e. The molecule has 3 aromatic rings. The first-order chi connectivity index (χ1) is 9.59. The van der Waals surface area contributed by atoms with Crippen LogP contribution in [0.15, 0.2) is 52.1 Å². The second kappa shape index (κ2) is 4.81. The Morgan fingerprint density at radius 1 is 0.900 bits per heavy atom. The number of hydrogen-bond acceptors (Lipinski definition) is 2. The summed E-state index contributed by atoms with van der Waals surface area (Å²) in [4.78, 5) is 27.2. The van der Waals surface area contributed by atoms with Crippen LogP contribution in [0.4, 0.5) is 0 Å². The zero-order chi connectivity index (χ0) is 14.3. The first-order valence-electron chi connectivity index (χ1n) is 5.78. The highest BCUT2D eigenvalue weighted by Crippen LogP contribution is 2.20. The van der Waals surface area contributed by atoms with Crippen molar-refractivity contribution in [1.29, 1.82) is 0 Å². The molecule has 0 amide bonds. The number of H-pyrrole nitrogens is 1. The van der Waals surface area contributed by atoms with Crippen LogP contribution in [0.5, 0.6) is 0 Å². The molecular weight excluding hydrogens is 299 g/mol. The van der Waals surface area contributed by atoms with Gasteiger partial charge in [0.05, 0.1) is 26.6 Å². The zero-order valence-electron chi connectivity index (χ0n) is 10.1. The van der Waals surface area contributed by atoms with Crippen LogP contribution >= 0.6 is 23.2 Å². The highest BCUT2D eigenvalue weighted by molar-refractivity contribution is 6.35. The molecule has 0 saturated carbocycles. The number of benzene rings is 2.